The highest BCUT2D eigenvalue weighted by Gasteiger charge is 2.31. The van der Waals surface area contributed by atoms with Crippen molar-refractivity contribution in [2.24, 2.45) is 0 Å². The van der Waals surface area contributed by atoms with Crippen molar-refractivity contribution in [2.45, 2.75) is 11.3 Å². The van der Waals surface area contributed by atoms with Crippen LogP contribution in [0.5, 0.6) is 0 Å². The summed E-state index contributed by atoms with van der Waals surface area (Å²) in [6.07, 6.45) is 9.56. The Morgan fingerprint density at radius 3 is 2.92 bits per heavy atom. The van der Waals surface area contributed by atoms with Gasteiger partial charge in [-0.2, -0.15) is 0 Å². The van der Waals surface area contributed by atoms with Gasteiger partial charge in [-0.05, 0) is 11.6 Å². The van der Waals surface area contributed by atoms with E-state index >= 15 is 0 Å². The zero-order valence-corrected chi connectivity index (χ0v) is 7.52. The Morgan fingerprint density at radius 1 is 1.54 bits per heavy atom. The van der Waals surface area contributed by atoms with Crippen LogP contribution in [0.3, 0.4) is 0 Å². The van der Waals surface area contributed by atoms with Crippen LogP contribution in [0.2, 0.25) is 0 Å². The Kier molecular flexibility index (Phi) is 1.84. The summed E-state index contributed by atoms with van der Waals surface area (Å²) in [4.78, 5) is -0.0104. The molecule has 1 unspecified atom stereocenters. The third kappa shape index (κ3) is 1.33. The van der Waals surface area contributed by atoms with Gasteiger partial charge in [0.1, 0.15) is 10.6 Å². The molecule has 0 saturated carbocycles. The maximum absolute atomic E-state index is 9.27. The lowest BCUT2D eigenvalue weighted by atomic mass is 9.97. The molecule has 5 heteroatoms. The Bertz CT molecular complexity index is 371. The lowest BCUT2D eigenvalue weighted by molar-refractivity contribution is 0.130. The van der Waals surface area contributed by atoms with Crippen molar-refractivity contribution in [3.8, 4) is 0 Å². The lowest BCUT2D eigenvalue weighted by Crippen LogP contribution is -2.20. The third-order valence-corrected chi connectivity index (χ3v) is 2.45. The van der Waals surface area contributed by atoms with E-state index in [9.17, 15) is 5.21 Å². The van der Waals surface area contributed by atoms with E-state index in [1.807, 2.05) is 18.2 Å². The Morgan fingerprint density at radius 2 is 2.38 bits per heavy atom. The molecule has 1 aliphatic carbocycles. The summed E-state index contributed by atoms with van der Waals surface area (Å²) in [5, 5.41) is 16.2. The van der Waals surface area contributed by atoms with Gasteiger partial charge in [0.25, 0.3) is 0 Å². The van der Waals surface area contributed by atoms with Crippen LogP contribution in [0.1, 0.15) is 12.1 Å². The largest absolute Gasteiger partial charge is 0.410 e. The molecule has 0 aromatic carbocycles. The fraction of sp³-hybridized carbons (Fsp3) is 0.250. The van der Waals surface area contributed by atoms with Crippen LogP contribution >= 0.6 is 11.6 Å². The minimum atomic E-state index is -0.715. The average molecular weight is 198 g/mol. The molecule has 1 N–H and O–H groups in total. The van der Waals surface area contributed by atoms with E-state index in [0.717, 1.165) is 0 Å². The number of hydrogen-bond acceptors (Lipinski definition) is 3. The number of rotatable bonds is 1. The molecule has 13 heavy (non-hydrogen) atoms. The highest BCUT2D eigenvalue weighted by atomic mass is 35.5. The number of aromatic nitrogens is 3. The fourth-order valence-corrected chi connectivity index (χ4v) is 1.57. The minimum Gasteiger partial charge on any atom is -0.410 e. The van der Waals surface area contributed by atoms with Crippen molar-refractivity contribution >= 4 is 11.6 Å². The smallest absolute Gasteiger partial charge is 0.125 e. The molecule has 1 aromatic heterocycles. The summed E-state index contributed by atoms with van der Waals surface area (Å²) in [5.41, 5.74) is 0.481. The second-order valence-electron chi connectivity index (χ2n) is 2.86. The first-order valence-electron chi connectivity index (χ1n) is 3.86. The van der Waals surface area contributed by atoms with Gasteiger partial charge in [0, 0.05) is 0 Å². The first kappa shape index (κ1) is 8.31. The normalized spacial score (nSPS) is 26.5. The van der Waals surface area contributed by atoms with Crippen molar-refractivity contribution in [1.82, 2.24) is 15.2 Å². The van der Waals surface area contributed by atoms with E-state index in [1.165, 1.54) is 6.20 Å². The van der Waals surface area contributed by atoms with Gasteiger partial charge in [-0.1, -0.05) is 29.1 Å². The molecule has 0 fully saturated rings. The first-order valence-corrected chi connectivity index (χ1v) is 4.24. The Labute approximate surface area is 80.1 Å². The highest BCUT2D eigenvalue weighted by Crippen LogP contribution is 2.35. The van der Waals surface area contributed by atoms with Gasteiger partial charge in [-0.25, -0.2) is 0 Å². The van der Waals surface area contributed by atoms with Crippen LogP contribution < -0.4 is 0 Å². The summed E-state index contributed by atoms with van der Waals surface area (Å²) < 4.78 is 0. The van der Waals surface area contributed by atoms with E-state index in [-0.39, 0.29) is 0 Å². The molecule has 0 spiro atoms. The standard InChI is InChI=1S/C8H8ClN3O/c9-8(4-2-1-3-5-8)7-6-10-11-12(7)13/h1-4,6,13H,5H2. The summed E-state index contributed by atoms with van der Waals surface area (Å²) >= 11 is 6.25. The molecule has 68 valence electrons. The molecule has 0 radical (unpaired) electrons. The molecule has 1 aromatic rings. The first-order chi connectivity index (χ1) is 6.22. The lowest BCUT2D eigenvalue weighted by Gasteiger charge is -2.21. The quantitative estimate of drug-likeness (QED) is 0.548. The summed E-state index contributed by atoms with van der Waals surface area (Å²) in [6, 6.07) is 0. The zero-order valence-electron chi connectivity index (χ0n) is 6.76. The molecule has 0 bridgehead atoms. The number of alkyl halides is 1. The van der Waals surface area contributed by atoms with Crippen molar-refractivity contribution in [3.05, 3.63) is 36.2 Å². The van der Waals surface area contributed by atoms with E-state index in [0.29, 0.717) is 17.0 Å². The predicted molar refractivity (Wildman–Crippen MR) is 47.6 cm³/mol. The number of halogens is 1. The molecule has 1 aliphatic rings. The molecular formula is C8H8ClN3O. The zero-order chi connectivity index (χ0) is 9.31. The second kappa shape index (κ2) is 2.88. The van der Waals surface area contributed by atoms with Crippen molar-refractivity contribution in [2.75, 3.05) is 0 Å². The van der Waals surface area contributed by atoms with Crippen LogP contribution in [0.25, 0.3) is 0 Å². The van der Waals surface area contributed by atoms with Crippen LogP contribution in [-0.2, 0) is 4.87 Å². The van der Waals surface area contributed by atoms with Crippen molar-refractivity contribution < 1.29 is 5.21 Å². The Balaban J connectivity index is 2.40. The molecule has 2 rings (SSSR count). The predicted octanol–water partition coefficient (Wildman–Crippen LogP) is 1.47. The van der Waals surface area contributed by atoms with Gasteiger partial charge >= 0.3 is 0 Å². The molecule has 4 nitrogen and oxygen atoms in total. The SMILES string of the molecule is On1nncc1C1(Cl)C=CC=CC1. The average Bonchev–Trinajstić information content (AvgIpc) is 2.53. The van der Waals surface area contributed by atoms with Crippen molar-refractivity contribution in [1.29, 1.82) is 0 Å². The minimum absolute atomic E-state index is 0.481. The van der Waals surface area contributed by atoms with Gasteiger partial charge in [-0.15, -0.1) is 16.7 Å². The number of hydrogen-bond donors (Lipinski definition) is 1. The molecule has 1 atom stereocenters. The number of nitrogens with zero attached hydrogens (tertiary/aromatic N) is 3. The molecular weight excluding hydrogens is 190 g/mol. The molecule has 0 aliphatic heterocycles. The van der Waals surface area contributed by atoms with E-state index in [1.54, 1.807) is 6.08 Å². The maximum Gasteiger partial charge on any atom is 0.125 e. The van der Waals surface area contributed by atoms with Crippen LogP contribution in [0, 0.1) is 0 Å². The molecule has 0 saturated heterocycles. The maximum atomic E-state index is 9.27. The van der Waals surface area contributed by atoms with Gasteiger partial charge in [0.2, 0.25) is 0 Å². The topological polar surface area (TPSA) is 50.9 Å². The van der Waals surface area contributed by atoms with Gasteiger partial charge in [0.15, 0.2) is 0 Å². The molecule has 1 heterocycles. The Hall–Kier alpha value is -1.29. The van der Waals surface area contributed by atoms with Crippen LogP contribution in [0.15, 0.2) is 30.5 Å². The number of allylic oxidation sites excluding steroid dienone is 4. The summed E-state index contributed by atoms with van der Waals surface area (Å²) in [7, 11) is 0. The van der Waals surface area contributed by atoms with E-state index in [2.05, 4.69) is 10.3 Å². The summed E-state index contributed by atoms with van der Waals surface area (Å²) in [6.45, 7) is 0. The van der Waals surface area contributed by atoms with Gasteiger partial charge in [0.05, 0.1) is 6.20 Å². The van der Waals surface area contributed by atoms with E-state index in [4.69, 9.17) is 11.6 Å². The van der Waals surface area contributed by atoms with Crippen LogP contribution in [-0.4, -0.2) is 20.4 Å². The summed E-state index contributed by atoms with van der Waals surface area (Å²) in [5.74, 6) is 0. The van der Waals surface area contributed by atoms with Gasteiger partial charge in [-0.3, -0.25) is 0 Å². The third-order valence-electron chi connectivity index (χ3n) is 1.98. The van der Waals surface area contributed by atoms with Crippen molar-refractivity contribution in [3.63, 3.8) is 0 Å². The van der Waals surface area contributed by atoms with E-state index < -0.39 is 4.87 Å². The monoisotopic (exact) mass is 197 g/mol. The van der Waals surface area contributed by atoms with Gasteiger partial charge < -0.3 is 5.21 Å². The molecule has 0 amide bonds. The highest BCUT2D eigenvalue weighted by molar-refractivity contribution is 6.25. The second-order valence-corrected chi connectivity index (χ2v) is 3.54. The fourth-order valence-electron chi connectivity index (χ4n) is 1.29. The van der Waals surface area contributed by atoms with Crippen LogP contribution in [0.4, 0.5) is 0 Å².